The minimum absolute atomic E-state index is 0.108. The molecule has 14 heavy (non-hydrogen) atoms. The van der Waals surface area contributed by atoms with Gasteiger partial charge < -0.3 is 11.1 Å². The van der Waals surface area contributed by atoms with E-state index in [1.165, 1.54) is 0 Å². The van der Waals surface area contributed by atoms with Gasteiger partial charge in [-0.2, -0.15) is 0 Å². The molecule has 0 saturated heterocycles. The molecule has 78 valence electrons. The molecule has 0 aliphatic carbocycles. The number of hydrogen-bond donors (Lipinski definition) is 2. The van der Waals surface area contributed by atoms with Crippen LogP contribution in [0.3, 0.4) is 0 Å². The second-order valence-electron chi connectivity index (χ2n) is 3.34. The van der Waals surface area contributed by atoms with E-state index in [1.807, 2.05) is 19.2 Å². The van der Waals surface area contributed by atoms with E-state index in [4.69, 9.17) is 5.73 Å². The SMILES string of the molecule is Cc1csc(CNC(C)CC(N)=O)n1. The first-order valence-electron chi connectivity index (χ1n) is 4.50. The molecule has 1 rings (SSSR count). The average Bonchev–Trinajstić information content (AvgIpc) is 2.47. The van der Waals surface area contributed by atoms with Crippen LogP contribution in [0.1, 0.15) is 24.0 Å². The number of nitrogens with zero attached hydrogens (tertiary/aromatic N) is 1. The highest BCUT2D eigenvalue weighted by Crippen LogP contribution is 2.08. The summed E-state index contributed by atoms with van der Waals surface area (Å²) < 4.78 is 0. The van der Waals surface area contributed by atoms with Crippen molar-refractivity contribution in [3.63, 3.8) is 0 Å². The van der Waals surface area contributed by atoms with Crippen molar-refractivity contribution in [3.8, 4) is 0 Å². The van der Waals surface area contributed by atoms with Gasteiger partial charge in [-0.05, 0) is 13.8 Å². The molecule has 5 heteroatoms. The van der Waals surface area contributed by atoms with E-state index in [2.05, 4.69) is 10.3 Å². The molecule has 4 nitrogen and oxygen atoms in total. The van der Waals surface area contributed by atoms with Gasteiger partial charge in [0.15, 0.2) is 0 Å². The molecular formula is C9H15N3OS. The predicted octanol–water partition coefficient (Wildman–Crippen LogP) is 0.805. The van der Waals surface area contributed by atoms with Gasteiger partial charge in [-0.15, -0.1) is 11.3 Å². The van der Waals surface area contributed by atoms with Crippen molar-refractivity contribution in [2.24, 2.45) is 5.73 Å². The first kappa shape index (κ1) is 11.1. The minimum atomic E-state index is -0.277. The van der Waals surface area contributed by atoms with E-state index in [-0.39, 0.29) is 11.9 Å². The van der Waals surface area contributed by atoms with Gasteiger partial charge in [-0.3, -0.25) is 4.79 Å². The molecule has 1 heterocycles. The van der Waals surface area contributed by atoms with Crippen LogP contribution in [0, 0.1) is 6.92 Å². The van der Waals surface area contributed by atoms with Gasteiger partial charge in [0.2, 0.25) is 5.91 Å². The van der Waals surface area contributed by atoms with Gasteiger partial charge in [-0.1, -0.05) is 0 Å². The Balaban J connectivity index is 2.30. The number of nitrogens with two attached hydrogens (primary N) is 1. The summed E-state index contributed by atoms with van der Waals surface area (Å²) in [7, 11) is 0. The molecule has 1 aromatic heterocycles. The van der Waals surface area contributed by atoms with Crippen LogP contribution in [0.4, 0.5) is 0 Å². The third-order valence-electron chi connectivity index (χ3n) is 1.78. The molecule has 0 saturated carbocycles. The van der Waals surface area contributed by atoms with Crippen LogP contribution < -0.4 is 11.1 Å². The van der Waals surface area contributed by atoms with Crippen LogP contribution in [0.5, 0.6) is 0 Å². The molecule has 1 unspecified atom stereocenters. The fourth-order valence-corrected chi connectivity index (χ4v) is 1.84. The van der Waals surface area contributed by atoms with Gasteiger partial charge in [0.25, 0.3) is 0 Å². The number of aryl methyl sites for hydroxylation is 1. The molecule has 0 aliphatic heterocycles. The first-order chi connectivity index (χ1) is 6.58. The predicted molar refractivity (Wildman–Crippen MR) is 57.0 cm³/mol. The highest BCUT2D eigenvalue weighted by Gasteiger charge is 2.06. The normalized spacial score (nSPS) is 12.7. The van der Waals surface area contributed by atoms with Gasteiger partial charge in [0, 0.05) is 30.1 Å². The Kier molecular flexibility index (Phi) is 4.03. The highest BCUT2D eigenvalue weighted by molar-refractivity contribution is 7.09. The smallest absolute Gasteiger partial charge is 0.218 e. The Morgan fingerprint density at radius 2 is 2.50 bits per heavy atom. The van der Waals surface area contributed by atoms with Crippen LogP contribution in [0.15, 0.2) is 5.38 Å². The second kappa shape index (κ2) is 5.07. The zero-order valence-electron chi connectivity index (χ0n) is 8.41. The summed E-state index contributed by atoms with van der Waals surface area (Å²) in [5.41, 5.74) is 6.11. The second-order valence-corrected chi connectivity index (χ2v) is 4.28. The number of hydrogen-bond acceptors (Lipinski definition) is 4. The molecule has 0 radical (unpaired) electrons. The van der Waals surface area contributed by atoms with Crippen molar-refractivity contribution in [2.75, 3.05) is 0 Å². The monoisotopic (exact) mass is 213 g/mol. The number of amides is 1. The summed E-state index contributed by atoms with van der Waals surface area (Å²) in [5, 5.41) is 6.24. The highest BCUT2D eigenvalue weighted by atomic mass is 32.1. The fraction of sp³-hybridized carbons (Fsp3) is 0.556. The Bertz CT molecular complexity index is 311. The topological polar surface area (TPSA) is 68.0 Å². The van der Waals surface area contributed by atoms with E-state index in [0.29, 0.717) is 13.0 Å². The summed E-state index contributed by atoms with van der Waals surface area (Å²) in [6.07, 6.45) is 0.365. The maximum absolute atomic E-state index is 10.6. The van der Waals surface area contributed by atoms with Crippen molar-refractivity contribution < 1.29 is 4.79 Å². The average molecular weight is 213 g/mol. The molecule has 0 aliphatic rings. The Morgan fingerprint density at radius 1 is 1.79 bits per heavy atom. The van der Waals surface area contributed by atoms with Crippen LogP contribution in [-0.2, 0) is 11.3 Å². The lowest BCUT2D eigenvalue weighted by Crippen LogP contribution is -2.30. The molecular weight excluding hydrogens is 198 g/mol. The molecule has 3 N–H and O–H groups in total. The van der Waals surface area contributed by atoms with Crippen molar-refractivity contribution >= 4 is 17.2 Å². The quantitative estimate of drug-likeness (QED) is 0.760. The van der Waals surface area contributed by atoms with Crippen molar-refractivity contribution in [3.05, 3.63) is 16.1 Å². The Hall–Kier alpha value is -0.940. The molecule has 0 bridgehead atoms. The van der Waals surface area contributed by atoms with E-state index in [0.717, 1.165) is 10.7 Å². The third-order valence-corrected chi connectivity index (χ3v) is 2.74. The molecule has 0 aromatic carbocycles. The van der Waals surface area contributed by atoms with E-state index in [1.54, 1.807) is 11.3 Å². The maximum Gasteiger partial charge on any atom is 0.218 e. The zero-order chi connectivity index (χ0) is 10.6. The number of carbonyl (C=O) groups is 1. The van der Waals surface area contributed by atoms with Gasteiger partial charge in [0.05, 0.1) is 0 Å². The number of rotatable bonds is 5. The maximum atomic E-state index is 10.6. The molecule has 1 amide bonds. The van der Waals surface area contributed by atoms with E-state index >= 15 is 0 Å². The molecule has 1 atom stereocenters. The number of nitrogens with one attached hydrogen (secondary N) is 1. The summed E-state index contributed by atoms with van der Waals surface area (Å²) in [6.45, 7) is 4.60. The minimum Gasteiger partial charge on any atom is -0.370 e. The van der Waals surface area contributed by atoms with Gasteiger partial charge in [-0.25, -0.2) is 4.98 Å². The van der Waals surface area contributed by atoms with Gasteiger partial charge in [0.1, 0.15) is 5.01 Å². The molecule has 0 fully saturated rings. The zero-order valence-corrected chi connectivity index (χ0v) is 9.23. The number of primary amides is 1. The first-order valence-corrected chi connectivity index (χ1v) is 5.38. The summed E-state index contributed by atoms with van der Waals surface area (Å²) >= 11 is 1.62. The summed E-state index contributed by atoms with van der Waals surface area (Å²) in [4.78, 5) is 14.9. The lowest BCUT2D eigenvalue weighted by Gasteiger charge is -2.09. The fourth-order valence-electron chi connectivity index (χ4n) is 1.12. The van der Waals surface area contributed by atoms with Crippen LogP contribution in [0.25, 0.3) is 0 Å². The number of thiazole rings is 1. The van der Waals surface area contributed by atoms with Crippen molar-refractivity contribution in [1.82, 2.24) is 10.3 Å². The number of carbonyl (C=O) groups excluding carboxylic acids is 1. The van der Waals surface area contributed by atoms with Crippen molar-refractivity contribution in [2.45, 2.75) is 32.9 Å². The van der Waals surface area contributed by atoms with Crippen LogP contribution in [0.2, 0.25) is 0 Å². The Morgan fingerprint density at radius 3 is 3.00 bits per heavy atom. The van der Waals surface area contributed by atoms with E-state index in [9.17, 15) is 4.79 Å². The van der Waals surface area contributed by atoms with Crippen molar-refractivity contribution in [1.29, 1.82) is 0 Å². The van der Waals surface area contributed by atoms with E-state index < -0.39 is 0 Å². The Labute approximate surface area is 87.5 Å². The molecule has 1 aromatic rings. The van der Waals surface area contributed by atoms with Gasteiger partial charge >= 0.3 is 0 Å². The third kappa shape index (κ3) is 3.85. The summed E-state index contributed by atoms with van der Waals surface area (Å²) in [5.74, 6) is -0.277. The lowest BCUT2D eigenvalue weighted by molar-refractivity contribution is -0.118. The standard InChI is InChI=1S/C9H15N3OS/c1-6(3-8(10)13)11-4-9-12-7(2)5-14-9/h5-6,11H,3-4H2,1-2H3,(H2,10,13). The molecule has 0 spiro atoms. The largest absolute Gasteiger partial charge is 0.370 e. The number of aromatic nitrogens is 1. The van der Waals surface area contributed by atoms with Crippen LogP contribution in [-0.4, -0.2) is 16.9 Å². The lowest BCUT2D eigenvalue weighted by atomic mass is 10.2. The van der Waals surface area contributed by atoms with Crippen LogP contribution >= 0.6 is 11.3 Å². The summed E-state index contributed by atoms with van der Waals surface area (Å²) in [6, 6.07) is 0.108.